The van der Waals surface area contributed by atoms with Crippen molar-refractivity contribution in [2.45, 2.75) is 11.8 Å². The number of quaternary nitrogens is 2. The zero-order valence-corrected chi connectivity index (χ0v) is 8.36. The molecule has 0 unspecified atom stereocenters. The molecule has 0 fully saturated rings. The molecule has 0 bridgehead atoms. The summed E-state index contributed by atoms with van der Waals surface area (Å²) in [6, 6.07) is 6.14. The van der Waals surface area contributed by atoms with Crippen LogP contribution in [0.3, 0.4) is 0 Å². The van der Waals surface area contributed by atoms with Crippen molar-refractivity contribution >= 4 is 22.2 Å². The normalized spacial score (nSPS) is 13.8. The molecular formula is C9H13N2OS+3. The van der Waals surface area contributed by atoms with Gasteiger partial charge in [0, 0.05) is 6.07 Å². The number of benzene rings is 1. The molecule has 1 heterocycles. The Morgan fingerprint density at radius 1 is 1.54 bits per heavy atom. The van der Waals surface area contributed by atoms with Crippen LogP contribution in [0.1, 0.15) is 6.92 Å². The molecule has 0 saturated carbocycles. The van der Waals surface area contributed by atoms with Gasteiger partial charge in [-0.3, -0.25) is 0 Å². The van der Waals surface area contributed by atoms with E-state index < -0.39 is 0 Å². The van der Waals surface area contributed by atoms with Gasteiger partial charge in [0.2, 0.25) is 5.69 Å². The molecule has 3 nitrogen and oxygen atoms in total. The highest BCUT2D eigenvalue weighted by Gasteiger charge is 2.33. The van der Waals surface area contributed by atoms with E-state index in [4.69, 9.17) is 4.74 Å². The van der Waals surface area contributed by atoms with Crippen LogP contribution < -0.4 is 15.8 Å². The van der Waals surface area contributed by atoms with Gasteiger partial charge in [0.1, 0.15) is 5.75 Å². The van der Waals surface area contributed by atoms with E-state index >= 15 is 0 Å². The maximum atomic E-state index is 5.41. The molecule has 0 aliphatic carbocycles. The Hall–Kier alpha value is -0.970. The fraction of sp³-hybridized carbons (Fsp3) is 0.222. The highest BCUT2D eigenvalue weighted by atomic mass is 32.1. The smallest absolute Gasteiger partial charge is 0.494 e. The highest BCUT2D eigenvalue weighted by Crippen LogP contribution is 2.20. The van der Waals surface area contributed by atoms with Crippen LogP contribution in [-0.4, -0.2) is 11.7 Å². The van der Waals surface area contributed by atoms with Crippen LogP contribution >= 0.6 is 0 Å². The van der Waals surface area contributed by atoms with Crippen molar-refractivity contribution in [2.75, 3.05) is 6.61 Å². The summed E-state index contributed by atoms with van der Waals surface area (Å²) in [6.45, 7) is 2.71. The summed E-state index contributed by atoms with van der Waals surface area (Å²) >= 11 is 1.70. The van der Waals surface area contributed by atoms with Crippen LogP contribution in [0, 0.1) is 0 Å². The minimum atomic E-state index is 0.716. The molecule has 68 valence electrons. The summed E-state index contributed by atoms with van der Waals surface area (Å²) < 4.78 is 5.41. The predicted molar refractivity (Wildman–Crippen MR) is 52.7 cm³/mol. The number of ether oxygens (including phenoxy) is 1. The molecule has 2 rings (SSSR count). The third-order valence-corrected chi connectivity index (χ3v) is 2.81. The Bertz CT molecular complexity index is 363. The summed E-state index contributed by atoms with van der Waals surface area (Å²) in [7, 11) is 0. The molecule has 0 aromatic heterocycles. The molecule has 0 atom stereocenters. The summed E-state index contributed by atoms with van der Waals surface area (Å²) in [4.78, 5) is 1.25. The Morgan fingerprint density at radius 2 is 2.38 bits per heavy atom. The molecule has 4 heteroatoms. The molecule has 1 aliphatic heterocycles. The number of nitrogens with two attached hydrogens (primary N) is 1. The Kier molecular flexibility index (Phi) is 2.26. The van der Waals surface area contributed by atoms with Crippen molar-refractivity contribution < 1.29 is 15.8 Å². The van der Waals surface area contributed by atoms with Gasteiger partial charge < -0.3 is 4.74 Å². The molecule has 1 aromatic carbocycles. The summed E-state index contributed by atoms with van der Waals surface area (Å²) in [5.41, 5.74) is 5.16. The summed E-state index contributed by atoms with van der Waals surface area (Å²) in [6.07, 6.45) is 0. The third-order valence-electron chi connectivity index (χ3n) is 1.85. The van der Waals surface area contributed by atoms with Gasteiger partial charge in [0.05, 0.1) is 12.7 Å². The second kappa shape index (κ2) is 3.41. The van der Waals surface area contributed by atoms with Crippen molar-refractivity contribution in [3.63, 3.8) is 0 Å². The number of fused-ring (bicyclic) bond motifs is 1. The maximum Gasteiger partial charge on any atom is 0.548 e. The van der Waals surface area contributed by atoms with Gasteiger partial charge in [-0.2, -0.15) is 5.32 Å². The van der Waals surface area contributed by atoms with Crippen LogP contribution in [0.5, 0.6) is 5.75 Å². The highest BCUT2D eigenvalue weighted by molar-refractivity contribution is 7.78. The average molecular weight is 197 g/mol. The topological polar surface area (TPSA) is 53.5 Å². The molecular weight excluding hydrogens is 184 g/mol. The van der Waals surface area contributed by atoms with E-state index in [0.717, 1.165) is 10.9 Å². The second-order valence-corrected chi connectivity index (χ2v) is 4.01. The van der Waals surface area contributed by atoms with Gasteiger partial charge in [-0.25, -0.2) is 5.73 Å². The SMILES string of the molecule is CCOc1ccc2c(c1)[S+]=C([NH3+])[NH2+]2. The molecule has 0 spiro atoms. The minimum Gasteiger partial charge on any atom is -0.494 e. The van der Waals surface area contributed by atoms with Crippen LogP contribution in [0.15, 0.2) is 23.1 Å². The lowest BCUT2D eigenvalue weighted by molar-refractivity contribution is -0.518. The maximum absolute atomic E-state index is 5.41. The molecule has 0 amide bonds. The van der Waals surface area contributed by atoms with E-state index in [0.29, 0.717) is 6.61 Å². The van der Waals surface area contributed by atoms with E-state index in [1.54, 1.807) is 11.4 Å². The van der Waals surface area contributed by atoms with Crippen LogP contribution in [0.4, 0.5) is 5.69 Å². The summed E-state index contributed by atoms with van der Waals surface area (Å²) in [5, 5.41) is 3.19. The van der Waals surface area contributed by atoms with Gasteiger partial charge in [-0.15, -0.1) is 0 Å². The Labute approximate surface area is 80.9 Å². The zero-order chi connectivity index (χ0) is 9.26. The first-order valence-electron chi connectivity index (χ1n) is 4.28. The van der Waals surface area contributed by atoms with Gasteiger partial charge in [0.15, 0.2) is 0 Å². The number of rotatable bonds is 2. The fourth-order valence-electron chi connectivity index (χ4n) is 1.32. The molecule has 5 N–H and O–H groups in total. The van der Waals surface area contributed by atoms with Crippen molar-refractivity contribution in [1.29, 1.82) is 0 Å². The Morgan fingerprint density at radius 3 is 3.15 bits per heavy atom. The lowest BCUT2D eigenvalue weighted by Gasteiger charge is -1.99. The van der Waals surface area contributed by atoms with Gasteiger partial charge >= 0.3 is 21.4 Å². The van der Waals surface area contributed by atoms with E-state index in [1.807, 2.05) is 13.0 Å². The van der Waals surface area contributed by atoms with Gasteiger partial charge in [-0.05, 0) is 13.0 Å². The van der Waals surface area contributed by atoms with Crippen LogP contribution in [0.25, 0.3) is 0 Å². The van der Waals surface area contributed by atoms with E-state index in [-0.39, 0.29) is 0 Å². The number of hydrogen-bond acceptors (Lipinski definition) is 1. The molecule has 0 saturated heterocycles. The van der Waals surface area contributed by atoms with E-state index in [9.17, 15) is 0 Å². The minimum absolute atomic E-state index is 0.716. The Balaban J connectivity index is 2.32. The standard InChI is InChI=1S/C9H11N2OS/c1-2-12-6-3-4-7-8(5-6)13-9(10)11-7/h3-5,11H,2,10H2,1H3/q+1/p+2. The first kappa shape index (κ1) is 8.62. The average Bonchev–Trinajstić information content (AvgIpc) is 2.44. The molecule has 1 aliphatic rings. The fourth-order valence-corrected chi connectivity index (χ4v) is 2.21. The monoisotopic (exact) mass is 197 g/mol. The predicted octanol–water partition coefficient (Wildman–Crippen LogP) is -0.935. The van der Waals surface area contributed by atoms with Crippen molar-refractivity contribution in [3.05, 3.63) is 18.2 Å². The largest absolute Gasteiger partial charge is 0.548 e. The van der Waals surface area contributed by atoms with Crippen molar-refractivity contribution in [1.82, 2.24) is 0 Å². The van der Waals surface area contributed by atoms with Crippen LogP contribution in [-0.2, 0) is 11.4 Å². The third kappa shape index (κ3) is 1.70. The lowest BCUT2D eigenvalue weighted by atomic mass is 10.3. The zero-order valence-electron chi connectivity index (χ0n) is 7.54. The van der Waals surface area contributed by atoms with Crippen molar-refractivity contribution in [2.24, 2.45) is 0 Å². The quantitative estimate of drug-likeness (QED) is 0.359. The number of hydrogen-bond donors (Lipinski definition) is 2. The second-order valence-electron chi connectivity index (χ2n) is 2.85. The first-order chi connectivity index (χ1) is 6.29. The van der Waals surface area contributed by atoms with Gasteiger partial charge in [-0.1, -0.05) is 0 Å². The molecule has 1 aromatic rings. The van der Waals surface area contributed by atoms with E-state index in [2.05, 4.69) is 23.2 Å². The van der Waals surface area contributed by atoms with Crippen LogP contribution in [0.2, 0.25) is 0 Å². The van der Waals surface area contributed by atoms with E-state index in [1.165, 1.54) is 10.6 Å². The van der Waals surface area contributed by atoms with Gasteiger partial charge in [0.25, 0.3) is 0 Å². The summed E-state index contributed by atoms with van der Waals surface area (Å²) in [5.74, 6) is 0.942. The van der Waals surface area contributed by atoms with Crippen molar-refractivity contribution in [3.8, 4) is 5.75 Å². The lowest BCUT2D eigenvalue weighted by Crippen LogP contribution is -2.94. The molecule has 0 radical (unpaired) electrons. The molecule has 13 heavy (non-hydrogen) atoms. The first-order valence-corrected chi connectivity index (χ1v) is 5.09.